The molecule has 0 radical (unpaired) electrons. The Morgan fingerprint density at radius 3 is 2.03 bits per heavy atom. The third-order valence-corrected chi connectivity index (χ3v) is 16.6. The van der Waals surface area contributed by atoms with Crippen LogP contribution in [0, 0.1) is 52.3 Å². The van der Waals surface area contributed by atoms with Gasteiger partial charge in [0.05, 0.1) is 55.9 Å². The van der Waals surface area contributed by atoms with E-state index in [1.54, 1.807) is 0 Å². The molecule has 0 bridgehead atoms. The molecule has 0 spiro atoms. The Hall–Kier alpha value is 0.310. The standard InChI is InChI=1S/C41H72O18S.Na/c1-19(2)21(12-15-55-37-35(30(45)23(43)17-56-37)58-38-34(54-7)31(46)25(53-6)18-57-38)9-8-20(3)27-32(47)33(48)36-40(27,5)14-11-26-39(4)13-10-22(42)29(44)28(39)24(16-41(26,36)49)59-60(50,51)52;/h19-38,42-49H,8-18H2,1-7H3,(H,50,51,52);/q;+1/p-1/t20-,21-,22+,23-,24+,25-,26-,27+,28+,29+,30+,31+,32-,33-,34-,35-,36-,37-,38+,39-,40-,41+;/m1./s1. The summed E-state index contributed by atoms with van der Waals surface area (Å²) in [4.78, 5) is 0. The molecule has 6 fully saturated rings. The van der Waals surface area contributed by atoms with Gasteiger partial charge in [0.1, 0.15) is 36.6 Å². The molecule has 6 aliphatic rings. The van der Waals surface area contributed by atoms with Gasteiger partial charge in [-0.2, -0.15) is 0 Å². The van der Waals surface area contributed by atoms with Crippen molar-refractivity contribution in [1.82, 2.24) is 0 Å². The Morgan fingerprint density at radius 1 is 0.754 bits per heavy atom. The zero-order valence-corrected chi connectivity index (χ0v) is 39.7. The summed E-state index contributed by atoms with van der Waals surface area (Å²) in [6.07, 6.45) is -12.1. The van der Waals surface area contributed by atoms with Crippen molar-refractivity contribution in [2.45, 2.75) is 171 Å². The van der Waals surface area contributed by atoms with Crippen LogP contribution < -0.4 is 29.6 Å². The van der Waals surface area contributed by atoms with Crippen molar-refractivity contribution < 1.29 is 116 Å². The van der Waals surface area contributed by atoms with E-state index < -0.39 is 130 Å². The minimum absolute atomic E-state index is 0. The normalized spacial score (nSPS) is 48.7. The fraction of sp³-hybridized carbons (Fsp3) is 1.00. The summed E-state index contributed by atoms with van der Waals surface area (Å²) in [6, 6.07) is 0. The van der Waals surface area contributed by atoms with Crippen LogP contribution in [-0.2, 0) is 43.0 Å². The first-order chi connectivity index (χ1) is 28.0. The Kier molecular flexibility index (Phi) is 17.4. The minimum atomic E-state index is -5.28. The first-order valence-electron chi connectivity index (χ1n) is 21.7. The van der Waals surface area contributed by atoms with Crippen molar-refractivity contribution in [2.24, 2.45) is 52.3 Å². The van der Waals surface area contributed by atoms with Crippen LogP contribution in [0.4, 0.5) is 0 Å². The summed E-state index contributed by atoms with van der Waals surface area (Å²) < 4.78 is 75.6. The third kappa shape index (κ3) is 9.98. The number of ether oxygens (including phenoxy) is 6. The largest absolute Gasteiger partial charge is 1.00 e. The van der Waals surface area contributed by atoms with Crippen LogP contribution in [0.25, 0.3) is 0 Å². The van der Waals surface area contributed by atoms with Crippen molar-refractivity contribution in [3.8, 4) is 0 Å². The molecule has 6 rings (SSSR count). The van der Waals surface area contributed by atoms with E-state index in [0.29, 0.717) is 32.1 Å². The molecule has 0 unspecified atom stereocenters. The second-order valence-corrected chi connectivity index (χ2v) is 20.7. The Labute approximate surface area is 382 Å². The zero-order chi connectivity index (χ0) is 44.3. The Morgan fingerprint density at radius 2 is 1.41 bits per heavy atom. The topological polar surface area (TPSA) is 284 Å². The van der Waals surface area contributed by atoms with Gasteiger partial charge in [0.2, 0.25) is 10.4 Å². The number of aliphatic hydroxyl groups excluding tert-OH is 7. The predicted molar refractivity (Wildman–Crippen MR) is 208 cm³/mol. The molecule has 0 amide bonds. The molecule has 18 nitrogen and oxygen atoms in total. The van der Waals surface area contributed by atoms with E-state index in [4.69, 9.17) is 32.6 Å². The molecule has 4 saturated carbocycles. The fourth-order valence-corrected chi connectivity index (χ4v) is 13.7. The number of aliphatic hydroxyl groups is 8. The minimum Gasteiger partial charge on any atom is -0.726 e. The van der Waals surface area contributed by atoms with Crippen LogP contribution in [-0.4, -0.2) is 173 Å². The average molecular weight is 907 g/mol. The summed E-state index contributed by atoms with van der Waals surface area (Å²) in [5.41, 5.74) is -3.49. The molecule has 350 valence electrons. The number of hydrogen-bond acceptors (Lipinski definition) is 18. The van der Waals surface area contributed by atoms with E-state index in [2.05, 4.69) is 13.8 Å². The molecule has 61 heavy (non-hydrogen) atoms. The quantitative estimate of drug-likeness (QED) is 0.0456. The second-order valence-electron chi connectivity index (χ2n) is 19.7. The molecular weight excluding hydrogens is 835 g/mol. The first kappa shape index (κ1) is 52.3. The molecular formula is C41H71NaO18S. The summed E-state index contributed by atoms with van der Waals surface area (Å²) in [5, 5.41) is 90.4. The summed E-state index contributed by atoms with van der Waals surface area (Å²) in [7, 11) is -2.45. The number of rotatable bonds is 15. The smallest absolute Gasteiger partial charge is 0.726 e. The summed E-state index contributed by atoms with van der Waals surface area (Å²) in [5.74, 6) is -2.63. The average Bonchev–Trinajstić information content (AvgIpc) is 3.37. The van der Waals surface area contributed by atoms with Crippen LogP contribution in [0.2, 0.25) is 0 Å². The molecule has 20 heteroatoms. The van der Waals surface area contributed by atoms with Crippen molar-refractivity contribution in [3.63, 3.8) is 0 Å². The van der Waals surface area contributed by atoms with Crippen molar-refractivity contribution in [3.05, 3.63) is 0 Å². The molecule has 22 atom stereocenters. The molecule has 0 aromatic heterocycles. The van der Waals surface area contributed by atoms with Gasteiger partial charge in [-0.05, 0) is 78.9 Å². The van der Waals surface area contributed by atoms with Crippen LogP contribution in [0.1, 0.15) is 86.0 Å². The van der Waals surface area contributed by atoms with Crippen molar-refractivity contribution in [2.75, 3.05) is 34.0 Å². The van der Waals surface area contributed by atoms with Crippen molar-refractivity contribution >= 4 is 10.4 Å². The van der Waals surface area contributed by atoms with E-state index in [0.717, 1.165) is 6.42 Å². The SMILES string of the molecule is CO[C@H]1[C@H](O[C@H]2[C@H](OCC[C@@H](CC[C@@H](C)[C@H]3[C@@H](O)[C@@H](O)[C@@H]4[C@]3(C)CC[C@@H]3[C@@]5(C)CC[C@H](O)[C@H](O)[C@@H]5[C@@H](OS(=O)(=O)[O-])C[C@]34O)C(C)C)OC[C@@H](O)[C@@H]2O)OC[C@@H](OC)[C@@H]1O.[Na+]. The Balaban J connectivity index is 0.00000704. The van der Waals surface area contributed by atoms with E-state index in [-0.39, 0.29) is 80.0 Å². The van der Waals surface area contributed by atoms with Gasteiger partial charge in [0.25, 0.3) is 0 Å². The van der Waals surface area contributed by atoms with Crippen LogP contribution in [0.3, 0.4) is 0 Å². The molecule has 0 aromatic rings. The monoisotopic (exact) mass is 906 g/mol. The van der Waals surface area contributed by atoms with Gasteiger partial charge in [-0.1, -0.05) is 41.0 Å². The van der Waals surface area contributed by atoms with Gasteiger partial charge in [-0.25, -0.2) is 8.42 Å². The maximum Gasteiger partial charge on any atom is 1.00 e. The van der Waals surface area contributed by atoms with Crippen LogP contribution >= 0.6 is 0 Å². The van der Waals surface area contributed by atoms with E-state index in [9.17, 15) is 53.8 Å². The van der Waals surface area contributed by atoms with Crippen LogP contribution in [0.15, 0.2) is 0 Å². The van der Waals surface area contributed by atoms with Crippen LogP contribution in [0.5, 0.6) is 0 Å². The van der Waals surface area contributed by atoms with Gasteiger partial charge in [0, 0.05) is 32.5 Å². The number of methoxy groups -OCH3 is 2. The number of fused-ring (bicyclic) bond motifs is 5. The maximum atomic E-state index is 12.8. The van der Waals surface area contributed by atoms with E-state index in [1.165, 1.54) is 14.2 Å². The number of hydrogen-bond donors (Lipinski definition) is 8. The molecule has 2 saturated heterocycles. The van der Waals surface area contributed by atoms with Gasteiger partial charge >= 0.3 is 29.6 Å². The first-order valence-corrected chi connectivity index (χ1v) is 23.1. The van der Waals surface area contributed by atoms with E-state index >= 15 is 0 Å². The fourth-order valence-electron chi connectivity index (χ4n) is 13.2. The zero-order valence-electron chi connectivity index (χ0n) is 36.9. The summed E-state index contributed by atoms with van der Waals surface area (Å²) >= 11 is 0. The molecule has 2 aliphatic heterocycles. The predicted octanol–water partition coefficient (Wildman–Crippen LogP) is -3.20. The van der Waals surface area contributed by atoms with Gasteiger partial charge in [-0.3, -0.25) is 4.18 Å². The van der Waals surface area contributed by atoms with Crippen molar-refractivity contribution in [1.29, 1.82) is 0 Å². The third-order valence-electron chi connectivity index (χ3n) is 16.1. The van der Waals surface area contributed by atoms with Gasteiger partial charge < -0.3 is 73.8 Å². The molecule has 2 heterocycles. The second kappa shape index (κ2) is 20.3. The van der Waals surface area contributed by atoms with E-state index in [1.807, 2.05) is 20.8 Å². The maximum absolute atomic E-state index is 12.8. The Bertz CT molecular complexity index is 1550. The summed E-state index contributed by atoms with van der Waals surface area (Å²) in [6.45, 7) is 10.1. The molecule has 0 aromatic carbocycles. The molecule has 4 aliphatic carbocycles. The van der Waals surface area contributed by atoms with Gasteiger partial charge in [-0.15, -0.1) is 0 Å². The molecule has 8 N–H and O–H groups in total. The van der Waals surface area contributed by atoms with Gasteiger partial charge in [0.15, 0.2) is 12.6 Å².